The van der Waals surface area contributed by atoms with Crippen molar-refractivity contribution in [3.8, 4) is 16.9 Å². The second kappa shape index (κ2) is 11.2. The summed E-state index contributed by atoms with van der Waals surface area (Å²) in [5, 5.41) is 9.31. The molecule has 1 N–H and O–H groups in total. The minimum atomic E-state index is 0.00774. The molecule has 0 unspecified atom stereocenters. The highest BCUT2D eigenvalue weighted by Crippen LogP contribution is 2.33. The van der Waals surface area contributed by atoms with Crippen LogP contribution in [-0.2, 0) is 16.1 Å². The van der Waals surface area contributed by atoms with Gasteiger partial charge in [-0.25, -0.2) is 0 Å². The average molecular weight is 356 g/mol. The van der Waals surface area contributed by atoms with Crippen LogP contribution in [0.3, 0.4) is 0 Å². The van der Waals surface area contributed by atoms with Crippen molar-refractivity contribution in [3.05, 3.63) is 65.2 Å². The molecule has 0 fully saturated rings. The number of aldehydes is 1. The first-order valence-electron chi connectivity index (χ1n) is 8.46. The van der Waals surface area contributed by atoms with Crippen LogP contribution >= 0.6 is 0 Å². The third-order valence-corrected chi connectivity index (χ3v) is 3.65. The molecule has 0 saturated heterocycles. The molecule has 0 atom stereocenters. The smallest absolute Gasteiger partial charge is 0.145 e. The fraction of sp³-hybridized carbons (Fsp3) is 0.318. The predicted octanol–water partition coefficient (Wildman–Crippen LogP) is 4.25. The Labute approximate surface area is 156 Å². The van der Waals surface area contributed by atoms with Crippen LogP contribution in [0.2, 0.25) is 0 Å². The van der Waals surface area contributed by atoms with E-state index in [4.69, 9.17) is 9.47 Å². The summed E-state index contributed by atoms with van der Waals surface area (Å²) >= 11 is 0. The average Bonchev–Trinajstić information content (AvgIpc) is 2.62. The number of benzene rings is 2. The second-order valence-corrected chi connectivity index (χ2v) is 6.11. The maximum Gasteiger partial charge on any atom is 0.145 e. The van der Waals surface area contributed by atoms with E-state index >= 15 is 0 Å². The lowest BCUT2D eigenvalue weighted by molar-refractivity contribution is -0.104. The molecule has 2 rings (SSSR count). The van der Waals surface area contributed by atoms with Gasteiger partial charge in [-0.2, -0.15) is 0 Å². The van der Waals surface area contributed by atoms with Gasteiger partial charge in [-0.15, -0.1) is 0 Å². The summed E-state index contributed by atoms with van der Waals surface area (Å²) in [6.45, 7) is 10.2. The SMILES string of the molecule is C=C(C)C=O.COCCOc1cc(CO)ccc1-c1ccc(C)cc1C. The van der Waals surface area contributed by atoms with Crippen LogP contribution in [0.15, 0.2) is 48.6 Å². The van der Waals surface area contributed by atoms with Crippen molar-refractivity contribution in [3.63, 3.8) is 0 Å². The number of aliphatic hydroxyl groups is 1. The number of rotatable bonds is 7. The van der Waals surface area contributed by atoms with Gasteiger partial charge in [-0.3, -0.25) is 4.79 Å². The van der Waals surface area contributed by atoms with Gasteiger partial charge in [-0.05, 0) is 49.1 Å². The number of hydrogen-bond donors (Lipinski definition) is 1. The molecule has 0 aromatic heterocycles. The maximum atomic E-state index is 9.41. The maximum absolute atomic E-state index is 9.41. The van der Waals surface area contributed by atoms with Gasteiger partial charge in [0.15, 0.2) is 0 Å². The number of carbonyl (C=O) groups excluding carboxylic acids is 1. The van der Waals surface area contributed by atoms with Crippen molar-refractivity contribution in [2.75, 3.05) is 20.3 Å². The summed E-state index contributed by atoms with van der Waals surface area (Å²) in [5.41, 5.74) is 6.06. The highest BCUT2D eigenvalue weighted by molar-refractivity contribution is 5.74. The number of methoxy groups -OCH3 is 1. The van der Waals surface area contributed by atoms with Gasteiger partial charge in [0, 0.05) is 12.7 Å². The van der Waals surface area contributed by atoms with E-state index in [0.29, 0.717) is 18.8 Å². The second-order valence-electron chi connectivity index (χ2n) is 6.11. The van der Waals surface area contributed by atoms with Crippen LogP contribution in [0.4, 0.5) is 0 Å². The van der Waals surface area contributed by atoms with Crippen molar-refractivity contribution in [1.82, 2.24) is 0 Å². The Bertz CT molecular complexity index is 735. The Kier molecular flexibility index (Phi) is 9.34. The largest absolute Gasteiger partial charge is 0.491 e. The molecule has 26 heavy (non-hydrogen) atoms. The van der Waals surface area contributed by atoms with E-state index in [2.05, 4.69) is 38.6 Å². The molecule has 0 aliphatic rings. The van der Waals surface area contributed by atoms with Crippen LogP contribution < -0.4 is 4.74 Å². The summed E-state index contributed by atoms with van der Waals surface area (Å²) in [6.07, 6.45) is 0.722. The zero-order chi connectivity index (χ0) is 19.5. The van der Waals surface area contributed by atoms with E-state index in [-0.39, 0.29) is 6.61 Å². The normalized spacial score (nSPS) is 9.88. The molecule has 0 amide bonds. The van der Waals surface area contributed by atoms with E-state index in [0.717, 1.165) is 28.7 Å². The topological polar surface area (TPSA) is 55.8 Å². The molecule has 0 aliphatic carbocycles. The molecule has 0 radical (unpaired) electrons. The number of aryl methyl sites for hydroxylation is 2. The molecule has 0 bridgehead atoms. The predicted molar refractivity (Wildman–Crippen MR) is 106 cm³/mol. The van der Waals surface area contributed by atoms with Crippen LogP contribution in [0, 0.1) is 13.8 Å². The fourth-order valence-electron chi connectivity index (χ4n) is 2.36. The van der Waals surface area contributed by atoms with Crippen LogP contribution in [0.1, 0.15) is 23.6 Å². The first-order chi connectivity index (χ1) is 12.4. The van der Waals surface area contributed by atoms with Crippen LogP contribution in [-0.4, -0.2) is 31.7 Å². The van der Waals surface area contributed by atoms with Crippen LogP contribution in [0.5, 0.6) is 5.75 Å². The fourth-order valence-corrected chi connectivity index (χ4v) is 2.36. The van der Waals surface area contributed by atoms with Crippen molar-refractivity contribution < 1.29 is 19.4 Å². The molecule has 0 heterocycles. The highest BCUT2D eigenvalue weighted by atomic mass is 16.5. The van der Waals surface area contributed by atoms with Crippen LogP contribution in [0.25, 0.3) is 11.1 Å². The summed E-state index contributed by atoms with van der Waals surface area (Å²) in [6, 6.07) is 12.2. The zero-order valence-corrected chi connectivity index (χ0v) is 16.0. The van der Waals surface area contributed by atoms with Gasteiger partial charge in [0.1, 0.15) is 18.6 Å². The Morgan fingerprint density at radius 1 is 1.12 bits per heavy atom. The van der Waals surface area contributed by atoms with E-state index in [1.165, 1.54) is 11.1 Å². The van der Waals surface area contributed by atoms with E-state index in [1.807, 2.05) is 18.2 Å². The molecule has 4 nitrogen and oxygen atoms in total. The first-order valence-corrected chi connectivity index (χ1v) is 8.46. The van der Waals surface area contributed by atoms with Gasteiger partial charge >= 0.3 is 0 Å². The summed E-state index contributed by atoms with van der Waals surface area (Å²) < 4.78 is 10.9. The summed E-state index contributed by atoms with van der Waals surface area (Å²) in [5.74, 6) is 0.783. The van der Waals surface area contributed by atoms with Gasteiger partial charge in [0.2, 0.25) is 0 Å². The minimum absolute atomic E-state index is 0.00774. The Hall–Kier alpha value is -2.43. The monoisotopic (exact) mass is 356 g/mol. The molecular weight excluding hydrogens is 328 g/mol. The number of ether oxygens (including phenoxy) is 2. The minimum Gasteiger partial charge on any atom is -0.491 e. The first kappa shape index (κ1) is 21.6. The molecule has 0 saturated carbocycles. The lowest BCUT2D eigenvalue weighted by Gasteiger charge is -2.15. The van der Waals surface area contributed by atoms with Gasteiger partial charge in [0.25, 0.3) is 0 Å². The quantitative estimate of drug-likeness (QED) is 0.458. The lowest BCUT2D eigenvalue weighted by Crippen LogP contribution is -2.05. The Morgan fingerprint density at radius 3 is 2.31 bits per heavy atom. The molecule has 4 heteroatoms. The molecule has 0 aliphatic heterocycles. The third-order valence-electron chi connectivity index (χ3n) is 3.65. The molecule has 0 spiro atoms. The van der Waals surface area contributed by atoms with Crippen molar-refractivity contribution in [1.29, 1.82) is 0 Å². The standard InChI is InChI=1S/C18H22O3.C4H6O/c1-13-4-6-16(14(2)10-13)17-7-5-15(12-19)11-18(17)21-9-8-20-3;1-4(2)3-5/h4-7,10-11,19H,8-9,12H2,1-3H3;3H,1H2,2H3. The van der Waals surface area contributed by atoms with Gasteiger partial charge in [0.05, 0.1) is 13.2 Å². The Morgan fingerprint density at radius 2 is 1.77 bits per heavy atom. The number of carbonyl (C=O) groups is 1. The van der Waals surface area contributed by atoms with E-state index < -0.39 is 0 Å². The molecule has 2 aromatic carbocycles. The lowest BCUT2D eigenvalue weighted by atomic mass is 9.97. The van der Waals surface area contributed by atoms with E-state index in [1.54, 1.807) is 14.0 Å². The molecular formula is C22H28O4. The molecule has 2 aromatic rings. The van der Waals surface area contributed by atoms with Crippen molar-refractivity contribution >= 4 is 6.29 Å². The zero-order valence-electron chi connectivity index (χ0n) is 16.0. The third kappa shape index (κ3) is 6.82. The van der Waals surface area contributed by atoms with Crippen molar-refractivity contribution in [2.45, 2.75) is 27.4 Å². The van der Waals surface area contributed by atoms with E-state index in [9.17, 15) is 9.90 Å². The molecule has 140 valence electrons. The number of hydrogen-bond acceptors (Lipinski definition) is 4. The van der Waals surface area contributed by atoms with Gasteiger partial charge in [-0.1, -0.05) is 42.5 Å². The number of aliphatic hydroxyl groups excluding tert-OH is 1. The summed E-state index contributed by atoms with van der Waals surface area (Å²) in [4.78, 5) is 9.41. The van der Waals surface area contributed by atoms with Gasteiger partial charge < -0.3 is 14.6 Å². The van der Waals surface area contributed by atoms with Crippen molar-refractivity contribution in [2.24, 2.45) is 0 Å². The highest BCUT2D eigenvalue weighted by Gasteiger charge is 2.10. The number of allylic oxidation sites excluding steroid dienone is 1. The Balaban J connectivity index is 0.000000597. The summed E-state index contributed by atoms with van der Waals surface area (Å²) in [7, 11) is 1.65.